The van der Waals surface area contributed by atoms with Gasteiger partial charge in [-0.15, -0.1) is 0 Å². The summed E-state index contributed by atoms with van der Waals surface area (Å²) in [7, 11) is 1.80. The van der Waals surface area contributed by atoms with Gasteiger partial charge in [-0.1, -0.05) is 48.0 Å². The van der Waals surface area contributed by atoms with E-state index in [1.54, 1.807) is 11.9 Å². The summed E-state index contributed by atoms with van der Waals surface area (Å²) in [6, 6.07) is 15.9. The van der Waals surface area contributed by atoms with Crippen molar-refractivity contribution in [2.75, 3.05) is 12.4 Å². The van der Waals surface area contributed by atoms with Crippen LogP contribution in [0.3, 0.4) is 0 Å². The first kappa shape index (κ1) is 14.1. The molecule has 0 spiro atoms. The van der Waals surface area contributed by atoms with Crippen LogP contribution < -0.4 is 5.32 Å². The van der Waals surface area contributed by atoms with Crippen molar-refractivity contribution >= 4 is 11.7 Å². The molecule has 3 nitrogen and oxygen atoms in total. The van der Waals surface area contributed by atoms with Gasteiger partial charge in [0.15, 0.2) is 0 Å². The van der Waals surface area contributed by atoms with Crippen LogP contribution >= 0.6 is 0 Å². The van der Waals surface area contributed by atoms with E-state index in [-0.39, 0.29) is 6.03 Å². The van der Waals surface area contributed by atoms with E-state index >= 15 is 0 Å². The minimum atomic E-state index is -0.0965. The van der Waals surface area contributed by atoms with Crippen molar-refractivity contribution < 1.29 is 4.79 Å². The number of hydrogen-bond donors (Lipinski definition) is 1. The minimum Gasteiger partial charge on any atom is -0.323 e. The number of nitrogens with one attached hydrogen (secondary N) is 1. The number of carbonyl (C=O) groups is 1. The minimum absolute atomic E-state index is 0.0965. The predicted octanol–water partition coefficient (Wildman–Crippen LogP) is 3.97. The van der Waals surface area contributed by atoms with Crippen molar-refractivity contribution in [2.45, 2.75) is 20.4 Å². The Morgan fingerprint density at radius 3 is 2.45 bits per heavy atom. The molecule has 0 unspecified atom stereocenters. The molecule has 3 heteroatoms. The second-order valence-corrected chi connectivity index (χ2v) is 5.09. The van der Waals surface area contributed by atoms with Crippen LogP contribution in [0.2, 0.25) is 0 Å². The first-order valence-corrected chi connectivity index (χ1v) is 6.69. The Kier molecular flexibility index (Phi) is 4.41. The van der Waals surface area contributed by atoms with E-state index in [0.717, 1.165) is 16.8 Å². The fourth-order valence-electron chi connectivity index (χ4n) is 2.09. The summed E-state index contributed by atoms with van der Waals surface area (Å²) in [5, 5.41) is 2.94. The van der Waals surface area contributed by atoms with Crippen molar-refractivity contribution in [3.8, 4) is 0 Å². The molecule has 0 bridgehead atoms. The van der Waals surface area contributed by atoms with Gasteiger partial charge in [-0.05, 0) is 31.0 Å². The second-order valence-electron chi connectivity index (χ2n) is 5.09. The van der Waals surface area contributed by atoms with E-state index in [1.165, 1.54) is 5.56 Å². The van der Waals surface area contributed by atoms with Crippen LogP contribution in [0.25, 0.3) is 0 Å². The lowest BCUT2D eigenvalue weighted by Gasteiger charge is -2.19. The normalized spacial score (nSPS) is 10.2. The summed E-state index contributed by atoms with van der Waals surface area (Å²) >= 11 is 0. The second kappa shape index (κ2) is 6.24. The third-order valence-corrected chi connectivity index (χ3v) is 3.23. The van der Waals surface area contributed by atoms with E-state index in [9.17, 15) is 4.79 Å². The van der Waals surface area contributed by atoms with Crippen molar-refractivity contribution in [1.29, 1.82) is 0 Å². The number of hydrogen-bond acceptors (Lipinski definition) is 1. The summed E-state index contributed by atoms with van der Waals surface area (Å²) < 4.78 is 0. The van der Waals surface area contributed by atoms with Gasteiger partial charge in [-0.2, -0.15) is 0 Å². The number of carbonyl (C=O) groups excluding carboxylic acids is 1. The number of anilines is 1. The van der Waals surface area contributed by atoms with Crippen LogP contribution in [0.15, 0.2) is 48.5 Å². The summed E-state index contributed by atoms with van der Waals surface area (Å²) in [6.45, 7) is 4.64. The number of amides is 2. The van der Waals surface area contributed by atoms with Gasteiger partial charge >= 0.3 is 6.03 Å². The first-order valence-electron chi connectivity index (χ1n) is 6.69. The molecule has 0 saturated heterocycles. The Morgan fingerprint density at radius 1 is 1.10 bits per heavy atom. The maximum absolute atomic E-state index is 12.2. The third-order valence-electron chi connectivity index (χ3n) is 3.23. The molecule has 0 aliphatic heterocycles. The zero-order valence-corrected chi connectivity index (χ0v) is 12.2. The molecule has 0 fully saturated rings. The molecule has 2 aromatic carbocycles. The number of benzene rings is 2. The highest BCUT2D eigenvalue weighted by molar-refractivity contribution is 5.90. The molecule has 0 heterocycles. The van der Waals surface area contributed by atoms with Crippen LogP contribution in [0.1, 0.15) is 16.7 Å². The predicted molar refractivity (Wildman–Crippen MR) is 82.8 cm³/mol. The van der Waals surface area contributed by atoms with Crippen LogP contribution in [0, 0.1) is 13.8 Å². The lowest BCUT2D eigenvalue weighted by molar-refractivity contribution is 0.220. The van der Waals surface area contributed by atoms with Gasteiger partial charge in [0, 0.05) is 19.3 Å². The smallest absolute Gasteiger partial charge is 0.321 e. The van der Waals surface area contributed by atoms with Gasteiger partial charge in [0.1, 0.15) is 0 Å². The number of nitrogens with zero attached hydrogens (tertiary/aromatic N) is 1. The van der Waals surface area contributed by atoms with E-state index in [4.69, 9.17) is 0 Å². The van der Waals surface area contributed by atoms with Gasteiger partial charge in [0.25, 0.3) is 0 Å². The lowest BCUT2D eigenvalue weighted by atomic mass is 10.1. The Balaban J connectivity index is 2.01. The van der Waals surface area contributed by atoms with E-state index in [0.29, 0.717) is 6.54 Å². The number of aryl methyl sites for hydroxylation is 2. The Morgan fingerprint density at radius 2 is 1.80 bits per heavy atom. The van der Waals surface area contributed by atoms with Gasteiger partial charge in [-0.3, -0.25) is 0 Å². The molecule has 2 aromatic rings. The first-order chi connectivity index (χ1) is 9.56. The summed E-state index contributed by atoms with van der Waals surface area (Å²) in [5.41, 5.74) is 4.25. The van der Waals surface area contributed by atoms with Gasteiger partial charge in [0.05, 0.1) is 0 Å². The molecule has 1 N–H and O–H groups in total. The topological polar surface area (TPSA) is 32.3 Å². The standard InChI is InChI=1S/C17H20N2O/c1-13-9-10-16(14(2)11-13)18-17(20)19(3)12-15-7-5-4-6-8-15/h4-11H,12H2,1-3H3,(H,18,20). The van der Waals surface area contributed by atoms with Crippen molar-refractivity contribution in [1.82, 2.24) is 4.90 Å². The Bertz CT molecular complexity index is 593. The molecule has 0 saturated carbocycles. The maximum Gasteiger partial charge on any atom is 0.321 e. The molecule has 104 valence electrons. The largest absolute Gasteiger partial charge is 0.323 e. The highest BCUT2D eigenvalue weighted by Gasteiger charge is 2.10. The SMILES string of the molecule is Cc1ccc(NC(=O)N(C)Cc2ccccc2)c(C)c1. The molecular weight excluding hydrogens is 248 g/mol. The van der Waals surface area contributed by atoms with E-state index in [1.807, 2.05) is 56.3 Å². The average molecular weight is 268 g/mol. The van der Waals surface area contributed by atoms with Crippen LogP contribution in [0.4, 0.5) is 10.5 Å². The molecule has 0 atom stereocenters. The van der Waals surface area contributed by atoms with Crippen molar-refractivity contribution in [3.63, 3.8) is 0 Å². The zero-order valence-electron chi connectivity index (χ0n) is 12.2. The van der Waals surface area contributed by atoms with Gasteiger partial charge in [-0.25, -0.2) is 4.79 Å². The lowest BCUT2D eigenvalue weighted by Crippen LogP contribution is -2.31. The summed E-state index contributed by atoms with van der Waals surface area (Å²) in [4.78, 5) is 13.8. The van der Waals surface area contributed by atoms with Crippen molar-refractivity contribution in [2.24, 2.45) is 0 Å². The number of urea groups is 1. The maximum atomic E-state index is 12.2. The molecular formula is C17H20N2O. The van der Waals surface area contributed by atoms with Crippen molar-refractivity contribution in [3.05, 3.63) is 65.2 Å². The monoisotopic (exact) mass is 268 g/mol. The quantitative estimate of drug-likeness (QED) is 0.897. The highest BCUT2D eigenvalue weighted by atomic mass is 16.2. The Labute approximate surface area is 120 Å². The van der Waals surface area contributed by atoms with Crippen LogP contribution in [-0.2, 0) is 6.54 Å². The van der Waals surface area contributed by atoms with Gasteiger partial charge < -0.3 is 10.2 Å². The third kappa shape index (κ3) is 3.60. The average Bonchev–Trinajstić information content (AvgIpc) is 2.43. The molecule has 20 heavy (non-hydrogen) atoms. The Hall–Kier alpha value is -2.29. The summed E-state index contributed by atoms with van der Waals surface area (Å²) in [6.07, 6.45) is 0. The molecule has 2 rings (SSSR count). The highest BCUT2D eigenvalue weighted by Crippen LogP contribution is 2.16. The van der Waals surface area contributed by atoms with E-state index < -0.39 is 0 Å². The molecule has 0 aromatic heterocycles. The molecule has 0 aliphatic rings. The number of rotatable bonds is 3. The van der Waals surface area contributed by atoms with Crippen LogP contribution in [-0.4, -0.2) is 18.0 Å². The fourth-order valence-corrected chi connectivity index (χ4v) is 2.09. The van der Waals surface area contributed by atoms with E-state index in [2.05, 4.69) is 11.4 Å². The van der Waals surface area contributed by atoms with Crippen LogP contribution in [0.5, 0.6) is 0 Å². The molecule has 0 aliphatic carbocycles. The molecule has 2 amide bonds. The summed E-state index contributed by atoms with van der Waals surface area (Å²) in [5.74, 6) is 0. The zero-order chi connectivity index (χ0) is 14.5. The van der Waals surface area contributed by atoms with Gasteiger partial charge in [0.2, 0.25) is 0 Å². The fraction of sp³-hybridized carbons (Fsp3) is 0.235. The molecule has 0 radical (unpaired) electrons.